The van der Waals surface area contributed by atoms with Crippen LogP contribution in [0.4, 0.5) is 11.4 Å². The molecule has 0 atom stereocenters. The molecule has 0 aliphatic carbocycles. The summed E-state index contributed by atoms with van der Waals surface area (Å²) >= 11 is 1.82. The zero-order chi connectivity index (χ0) is 14.1. The number of hydrogen-bond donors (Lipinski definition) is 1. The van der Waals surface area contributed by atoms with Crippen molar-refractivity contribution >= 4 is 28.7 Å². The highest BCUT2D eigenvalue weighted by atomic mass is 32.1. The summed E-state index contributed by atoms with van der Waals surface area (Å²) in [6, 6.07) is 7.72. The number of fused-ring (bicyclic) bond motifs is 1. The van der Waals surface area contributed by atoms with Crippen LogP contribution in [0.2, 0.25) is 0 Å². The lowest BCUT2D eigenvalue weighted by Crippen LogP contribution is -2.29. The average molecular weight is 288 g/mol. The minimum atomic E-state index is -0.391. The number of carbonyl (C=O) groups is 1. The highest BCUT2D eigenvalue weighted by Crippen LogP contribution is 2.29. The van der Waals surface area contributed by atoms with E-state index in [1.54, 1.807) is 6.07 Å². The molecule has 0 radical (unpaired) electrons. The molecule has 104 valence electrons. The summed E-state index contributed by atoms with van der Waals surface area (Å²) in [6.07, 6.45) is 1.05. The van der Waals surface area contributed by atoms with Gasteiger partial charge in [-0.2, -0.15) is 0 Å². The molecule has 4 nitrogen and oxygen atoms in total. The molecule has 2 aromatic rings. The van der Waals surface area contributed by atoms with E-state index >= 15 is 0 Å². The molecule has 0 fully saturated rings. The molecule has 0 saturated carbocycles. The van der Waals surface area contributed by atoms with Crippen molar-refractivity contribution in [3.8, 4) is 0 Å². The van der Waals surface area contributed by atoms with Crippen LogP contribution in [-0.2, 0) is 17.7 Å². The Bertz CT molecular complexity index is 651. The average Bonchev–Trinajstić information content (AvgIpc) is 2.94. The molecule has 0 saturated heterocycles. The molecule has 0 spiro atoms. The SMILES string of the molecule is COC(=O)c1cc(N2CCc3sccc3C2)ccc1N. The number of nitrogens with zero attached hydrogens (tertiary/aromatic N) is 1. The fraction of sp³-hybridized carbons (Fsp3) is 0.267. The second-order valence-corrected chi connectivity index (χ2v) is 5.80. The normalized spacial score (nSPS) is 13.9. The summed E-state index contributed by atoms with van der Waals surface area (Å²) < 4.78 is 4.77. The van der Waals surface area contributed by atoms with Gasteiger partial charge < -0.3 is 15.4 Å². The number of rotatable bonds is 2. The minimum Gasteiger partial charge on any atom is -0.465 e. The second kappa shape index (κ2) is 5.17. The maximum atomic E-state index is 11.7. The van der Waals surface area contributed by atoms with Crippen molar-refractivity contribution in [2.24, 2.45) is 0 Å². The number of benzene rings is 1. The zero-order valence-corrected chi connectivity index (χ0v) is 12.1. The molecule has 2 heterocycles. The second-order valence-electron chi connectivity index (χ2n) is 4.80. The van der Waals surface area contributed by atoms with Gasteiger partial charge in [0.05, 0.1) is 12.7 Å². The lowest BCUT2D eigenvalue weighted by Gasteiger charge is -2.29. The Morgan fingerprint density at radius 3 is 3.05 bits per heavy atom. The van der Waals surface area contributed by atoms with E-state index in [9.17, 15) is 4.79 Å². The van der Waals surface area contributed by atoms with Gasteiger partial charge in [-0.3, -0.25) is 0 Å². The van der Waals surface area contributed by atoms with Gasteiger partial charge in [-0.1, -0.05) is 0 Å². The number of ether oxygens (including phenoxy) is 1. The summed E-state index contributed by atoms with van der Waals surface area (Å²) in [4.78, 5) is 15.4. The molecular weight excluding hydrogens is 272 g/mol. The van der Waals surface area contributed by atoms with Gasteiger partial charge in [0.25, 0.3) is 0 Å². The van der Waals surface area contributed by atoms with Crippen molar-refractivity contribution in [2.45, 2.75) is 13.0 Å². The van der Waals surface area contributed by atoms with E-state index < -0.39 is 5.97 Å². The van der Waals surface area contributed by atoms with Crippen LogP contribution in [0.15, 0.2) is 29.6 Å². The molecule has 1 aromatic carbocycles. The predicted octanol–water partition coefficient (Wildman–Crippen LogP) is 2.68. The van der Waals surface area contributed by atoms with E-state index in [1.165, 1.54) is 17.6 Å². The van der Waals surface area contributed by atoms with E-state index in [0.717, 1.165) is 25.2 Å². The third-order valence-corrected chi connectivity index (χ3v) is 4.64. The largest absolute Gasteiger partial charge is 0.465 e. The number of esters is 1. The number of carbonyl (C=O) groups excluding carboxylic acids is 1. The number of methoxy groups -OCH3 is 1. The van der Waals surface area contributed by atoms with E-state index in [0.29, 0.717) is 11.3 Å². The molecule has 1 aliphatic heterocycles. The molecular formula is C15H16N2O2S. The minimum absolute atomic E-state index is 0.391. The topological polar surface area (TPSA) is 55.6 Å². The van der Waals surface area contributed by atoms with Crippen LogP contribution >= 0.6 is 11.3 Å². The van der Waals surface area contributed by atoms with Gasteiger partial charge in [0.2, 0.25) is 0 Å². The summed E-state index contributed by atoms with van der Waals surface area (Å²) in [6.45, 7) is 1.83. The van der Waals surface area contributed by atoms with Crippen LogP contribution in [0.1, 0.15) is 20.8 Å². The molecule has 20 heavy (non-hydrogen) atoms. The Labute approximate surface area is 121 Å². The summed E-state index contributed by atoms with van der Waals surface area (Å²) in [5.41, 5.74) is 9.11. The highest BCUT2D eigenvalue weighted by Gasteiger charge is 2.19. The molecule has 1 aliphatic rings. The van der Waals surface area contributed by atoms with Gasteiger partial charge in [-0.25, -0.2) is 4.79 Å². The van der Waals surface area contributed by atoms with E-state index in [2.05, 4.69) is 16.3 Å². The molecule has 0 amide bonds. The highest BCUT2D eigenvalue weighted by molar-refractivity contribution is 7.10. The molecule has 3 rings (SSSR count). The lowest BCUT2D eigenvalue weighted by atomic mass is 10.1. The molecule has 2 N–H and O–H groups in total. The van der Waals surface area contributed by atoms with Gasteiger partial charge in [0.15, 0.2) is 0 Å². The number of nitrogen functional groups attached to an aromatic ring is 1. The molecule has 5 heteroatoms. The molecule has 0 unspecified atom stereocenters. The maximum absolute atomic E-state index is 11.7. The van der Waals surface area contributed by atoms with Gasteiger partial charge in [0, 0.05) is 29.3 Å². The van der Waals surface area contributed by atoms with Crippen molar-refractivity contribution in [3.63, 3.8) is 0 Å². The van der Waals surface area contributed by atoms with Crippen LogP contribution in [0.3, 0.4) is 0 Å². The number of anilines is 2. The first kappa shape index (κ1) is 13.0. The Morgan fingerprint density at radius 1 is 1.40 bits per heavy atom. The van der Waals surface area contributed by atoms with Crippen molar-refractivity contribution in [2.75, 3.05) is 24.3 Å². The quantitative estimate of drug-likeness (QED) is 0.682. The van der Waals surface area contributed by atoms with Crippen LogP contribution in [0.5, 0.6) is 0 Å². The molecule has 0 bridgehead atoms. The fourth-order valence-corrected chi connectivity index (χ4v) is 3.39. The smallest absolute Gasteiger partial charge is 0.340 e. The van der Waals surface area contributed by atoms with Crippen LogP contribution < -0.4 is 10.6 Å². The summed E-state index contributed by atoms with van der Waals surface area (Å²) in [5.74, 6) is -0.391. The Hall–Kier alpha value is -2.01. The first-order valence-electron chi connectivity index (χ1n) is 6.47. The van der Waals surface area contributed by atoms with E-state index in [1.807, 2.05) is 23.5 Å². The summed E-state index contributed by atoms with van der Waals surface area (Å²) in [5, 5.41) is 2.14. The molecule has 1 aromatic heterocycles. The first-order valence-corrected chi connectivity index (χ1v) is 7.35. The van der Waals surface area contributed by atoms with Gasteiger partial charge in [-0.15, -0.1) is 11.3 Å². The number of hydrogen-bond acceptors (Lipinski definition) is 5. The maximum Gasteiger partial charge on any atom is 0.340 e. The Kier molecular flexibility index (Phi) is 3.36. The van der Waals surface area contributed by atoms with Gasteiger partial charge in [0.1, 0.15) is 0 Å². The van der Waals surface area contributed by atoms with Crippen LogP contribution in [0, 0.1) is 0 Å². The van der Waals surface area contributed by atoms with Gasteiger partial charge in [-0.05, 0) is 41.6 Å². The number of thiophene rings is 1. The Morgan fingerprint density at radius 2 is 2.25 bits per heavy atom. The predicted molar refractivity (Wildman–Crippen MR) is 81.3 cm³/mol. The van der Waals surface area contributed by atoms with Gasteiger partial charge >= 0.3 is 5.97 Å². The standard InChI is InChI=1S/C15H16N2O2S/c1-19-15(18)12-8-11(2-3-13(12)16)17-6-4-14-10(9-17)5-7-20-14/h2-3,5,7-8H,4,6,9,16H2,1H3. The lowest BCUT2D eigenvalue weighted by molar-refractivity contribution is 0.0602. The fourth-order valence-electron chi connectivity index (χ4n) is 2.50. The van der Waals surface area contributed by atoms with E-state index in [-0.39, 0.29) is 0 Å². The van der Waals surface area contributed by atoms with Crippen LogP contribution in [0.25, 0.3) is 0 Å². The first-order chi connectivity index (χ1) is 9.69. The van der Waals surface area contributed by atoms with Crippen molar-refractivity contribution < 1.29 is 9.53 Å². The van der Waals surface area contributed by atoms with Crippen molar-refractivity contribution in [1.29, 1.82) is 0 Å². The third-order valence-electron chi connectivity index (χ3n) is 3.62. The van der Waals surface area contributed by atoms with Crippen molar-refractivity contribution in [3.05, 3.63) is 45.6 Å². The Balaban J connectivity index is 1.90. The van der Waals surface area contributed by atoms with E-state index in [4.69, 9.17) is 10.5 Å². The van der Waals surface area contributed by atoms with Crippen LogP contribution in [-0.4, -0.2) is 19.6 Å². The zero-order valence-electron chi connectivity index (χ0n) is 11.3. The van der Waals surface area contributed by atoms with Crippen molar-refractivity contribution in [1.82, 2.24) is 0 Å². The monoisotopic (exact) mass is 288 g/mol. The summed E-state index contributed by atoms with van der Waals surface area (Å²) in [7, 11) is 1.37. The number of nitrogens with two attached hydrogens (primary N) is 1. The third kappa shape index (κ3) is 2.25.